The van der Waals surface area contributed by atoms with Gasteiger partial charge in [0, 0.05) is 37.3 Å². The summed E-state index contributed by atoms with van der Waals surface area (Å²) in [5.74, 6) is 2.00. The lowest BCUT2D eigenvalue weighted by molar-refractivity contribution is 0.0315. The van der Waals surface area contributed by atoms with Gasteiger partial charge >= 0.3 is 0 Å². The van der Waals surface area contributed by atoms with E-state index in [1.165, 1.54) is 18.8 Å². The molecular formula is C22H39N3O. The Balaban J connectivity index is 1.91. The Kier molecular flexibility index (Phi) is 5.56. The molecule has 0 aromatic rings. The second-order valence-electron chi connectivity index (χ2n) is 10.3. The van der Waals surface area contributed by atoms with Crippen LogP contribution in [0.5, 0.6) is 0 Å². The average Bonchev–Trinajstić information content (AvgIpc) is 2.94. The molecule has 2 saturated heterocycles. The fraction of sp³-hybridized carbons (Fsp3) is 0.864. The maximum Gasteiger partial charge on any atom is 0.109 e. The molecule has 3 rings (SSSR count). The van der Waals surface area contributed by atoms with Crippen molar-refractivity contribution in [1.82, 2.24) is 9.80 Å². The summed E-state index contributed by atoms with van der Waals surface area (Å²) in [6.45, 7) is 22.6. The molecule has 2 atom stereocenters. The van der Waals surface area contributed by atoms with Gasteiger partial charge in [0.15, 0.2) is 0 Å². The molecular weight excluding hydrogens is 322 g/mol. The van der Waals surface area contributed by atoms with Crippen LogP contribution in [0, 0.1) is 16.7 Å². The predicted molar refractivity (Wildman–Crippen MR) is 110 cm³/mol. The Morgan fingerprint density at radius 3 is 2.23 bits per heavy atom. The number of aliphatic imine (C=N–C) groups is 1. The second-order valence-corrected chi connectivity index (χ2v) is 10.3. The van der Waals surface area contributed by atoms with Crippen LogP contribution in [-0.4, -0.2) is 61.1 Å². The minimum Gasteiger partial charge on any atom is -0.379 e. The third-order valence-electron chi connectivity index (χ3n) is 5.91. The van der Waals surface area contributed by atoms with Gasteiger partial charge in [0.1, 0.15) is 5.84 Å². The number of fused-ring (bicyclic) bond motifs is 1. The molecule has 2 fully saturated rings. The van der Waals surface area contributed by atoms with E-state index in [0.29, 0.717) is 12.0 Å². The first-order chi connectivity index (χ1) is 12.1. The first kappa shape index (κ1) is 19.9. The maximum absolute atomic E-state index is 5.53. The monoisotopic (exact) mass is 361 g/mol. The van der Waals surface area contributed by atoms with Gasteiger partial charge in [-0.2, -0.15) is 0 Å². The zero-order valence-corrected chi connectivity index (χ0v) is 18.1. The van der Waals surface area contributed by atoms with E-state index in [0.717, 1.165) is 39.3 Å². The second kappa shape index (κ2) is 7.27. The molecule has 0 amide bonds. The summed E-state index contributed by atoms with van der Waals surface area (Å²) in [5, 5.41) is 0. The minimum absolute atomic E-state index is 0.0932. The number of hydrogen-bond donors (Lipinski definition) is 0. The number of hydrogen-bond acceptors (Lipinski definition) is 4. The van der Waals surface area contributed by atoms with Gasteiger partial charge in [0.05, 0.1) is 19.3 Å². The summed E-state index contributed by atoms with van der Waals surface area (Å²) < 4.78 is 5.53. The van der Waals surface area contributed by atoms with Crippen molar-refractivity contribution in [3.8, 4) is 0 Å². The highest BCUT2D eigenvalue weighted by atomic mass is 16.5. The molecule has 0 unspecified atom stereocenters. The zero-order valence-electron chi connectivity index (χ0n) is 18.1. The molecule has 4 nitrogen and oxygen atoms in total. The smallest absolute Gasteiger partial charge is 0.109 e. The maximum atomic E-state index is 5.53. The van der Waals surface area contributed by atoms with E-state index in [-0.39, 0.29) is 10.8 Å². The minimum atomic E-state index is 0.0932. The van der Waals surface area contributed by atoms with E-state index in [1.807, 2.05) is 0 Å². The van der Waals surface area contributed by atoms with Gasteiger partial charge in [0.25, 0.3) is 0 Å². The van der Waals surface area contributed by atoms with Crippen molar-refractivity contribution in [2.24, 2.45) is 21.7 Å². The first-order valence-corrected chi connectivity index (χ1v) is 10.5. The van der Waals surface area contributed by atoms with Crippen LogP contribution in [-0.2, 0) is 4.74 Å². The SMILES string of the molecule is CC[C@@H]1N=C(C(C)(C)C)N2C[C@H](CN3CCOCC3)CC2=C1C(C)(C)C. The number of nitrogens with zero attached hydrogens (tertiary/aromatic N) is 3. The number of morpholine rings is 1. The van der Waals surface area contributed by atoms with Gasteiger partial charge < -0.3 is 9.64 Å². The summed E-state index contributed by atoms with van der Waals surface area (Å²) in [6.07, 6.45) is 2.30. The zero-order chi connectivity index (χ0) is 19.1. The first-order valence-electron chi connectivity index (χ1n) is 10.5. The van der Waals surface area contributed by atoms with E-state index >= 15 is 0 Å². The molecule has 148 valence electrons. The molecule has 0 aliphatic carbocycles. The van der Waals surface area contributed by atoms with Crippen LogP contribution in [0.15, 0.2) is 16.3 Å². The Labute approximate surface area is 160 Å². The Hall–Kier alpha value is -0.870. The molecule has 0 N–H and O–H groups in total. The van der Waals surface area contributed by atoms with E-state index in [4.69, 9.17) is 9.73 Å². The van der Waals surface area contributed by atoms with Crippen molar-refractivity contribution in [2.75, 3.05) is 39.4 Å². The van der Waals surface area contributed by atoms with Crippen LogP contribution < -0.4 is 0 Å². The van der Waals surface area contributed by atoms with Gasteiger partial charge in [0.2, 0.25) is 0 Å². The molecule has 26 heavy (non-hydrogen) atoms. The Morgan fingerprint density at radius 1 is 1.04 bits per heavy atom. The fourth-order valence-electron chi connectivity index (χ4n) is 4.86. The molecule has 0 radical (unpaired) electrons. The summed E-state index contributed by atoms with van der Waals surface area (Å²) in [7, 11) is 0. The van der Waals surface area contributed by atoms with Crippen LogP contribution in [0.25, 0.3) is 0 Å². The number of amidine groups is 1. The molecule has 3 aliphatic rings. The summed E-state index contributed by atoms with van der Waals surface area (Å²) >= 11 is 0. The van der Waals surface area contributed by atoms with Crippen molar-refractivity contribution in [3.05, 3.63) is 11.3 Å². The lowest BCUT2D eigenvalue weighted by Gasteiger charge is -2.42. The number of rotatable bonds is 3. The number of ether oxygens (including phenoxy) is 1. The van der Waals surface area contributed by atoms with Crippen LogP contribution in [0.4, 0.5) is 0 Å². The van der Waals surface area contributed by atoms with E-state index in [2.05, 4.69) is 58.3 Å². The van der Waals surface area contributed by atoms with Crippen molar-refractivity contribution >= 4 is 5.84 Å². The van der Waals surface area contributed by atoms with Gasteiger partial charge in [-0.15, -0.1) is 0 Å². The van der Waals surface area contributed by atoms with Crippen LogP contribution in [0.3, 0.4) is 0 Å². The topological polar surface area (TPSA) is 28.1 Å². The van der Waals surface area contributed by atoms with Gasteiger partial charge in [-0.05, 0) is 29.7 Å². The number of allylic oxidation sites excluding steroid dienone is 1. The van der Waals surface area contributed by atoms with Gasteiger partial charge in [-0.3, -0.25) is 9.89 Å². The fourth-order valence-corrected chi connectivity index (χ4v) is 4.86. The van der Waals surface area contributed by atoms with Crippen molar-refractivity contribution in [3.63, 3.8) is 0 Å². The lowest BCUT2D eigenvalue weighted by Crippen LogP contribution is -2.44. The Bertz CT molecular complexity index is 573. The summed E-state index contributed by atoms with van der Waals surface area (Å²) in [4.78, 5) is 10.5. The average molecular weight is 362 g/mol. The summed E-state index contributed by atoms with van der Waals surface area (Å²) in [6, 6.07) is 0.345. The van der Waals surface area contributed by atoms with Gasteiger partial charge in [-0.1, -0.05) is 48.5 Å². The van der Waals surface area contributed by atoms with Crippen LogP contribution in [0.2, 0.25) is 0 Å². The third-order valence-corrected chi connectivity index (χ3v) is 5.91. The molecule has 3 heterocycles. The van der Waals surface area contributed by atoms with E-state index in [9.17, 15) is 0 Å². The summed E-state index contributed by atoms with van der Waals surface area (Å²) in [5.41, 5.74) is 3.44. The van der Waals surface area contributed by atoms with Crippen LogP contribution >= 0.6 is 0 Å². The molecule has 0 bridgehead atoms. The lowest BCUT2D eigenvalue weighted by atomic mass is 9.77. The largest absolute Gasteiger partial charge is 0.379 e. The normalized spacial score (nSPS) is 28.4. The predicted octanol–water partition coefficient (Wildman–Crippen LogP) is 4.18. The molecule has 0 saturated carbocycles. The van der Waals surface area contributed by atoms with Crippen molar-refractivity contribution < 1.29 is 4.74 Å². The third kappa shape index (κ3) is 4.01. The highest BCUT2D eigenvalue weighted by Crippen LogP contribution is 2.45. The van der Waals surface area contributed by atoms with E-state index in [1.54, 1.807) is 11.3 Å². The molecule has 3 aliphatic heterocycles. The van der Waals surface area contributed by atoms with E-state index < -0.39 is 0 Å². The molecule has 0 spiro atoms. The highest BCUT2D eigenvalue weighted by molar-refractivity contribution is 5.90. The molecule has 4 heteroatoms. The quantitative estimate of drug-likeness (QED) is 0.755. The standard InChI is InChI=1S/C22H39N3O/c1-8-17-19(21(2,3)4)18-13-16(14-24-9-11-26-12-10-24)15-25(18)20(23-17)22(5,6)7/h16-17H,8-15H2,1-7H3/t16-,17-/m0/s1. The Morgan fingerprint density at radius 2 is 1.69 bits per heavy atom. The van der Waals surface area contributed by atoms with Crippen molar-refractivity contribution in [1.29, 1.82) is 0 Å². The molecule has 0 aromatic carbocycles. The van der Waals surface area contributed by atoms with Crippen molar-refractivity contribution in [2.45, 2.75) is 67.3 Å². The van der Waals surface area contributed by atoms with Gasteiger partial charge in [-0.25, -0.2) is 0 Å². The molecule has 0 aromatic heterocycles. The van der Waals surface area contributed by atoms with Crippen LogP contribution in [0.1, 0.15) is 61.3 Å². The highest BCUT2D eigenvalue weighted by Gasteiger charge is 2.43.